The number of hydrogen-bond acceptors (Lipinski definition) is 2. The summed E-state index contributed by atoms with van der Waals surface area (Å²) in [5, 5.41) is 2.67. The highest BCUT2D eigenvalue weighted by Gasteiger charge is 2.39. The quantitative estimate of drug-likeness (QED) is 0.827. The van der Waals surface area contributed by atoms with Crippen molar-refractivity contribution in [2.45, 2.75) is 31.7 Å². The molecule has 0 radical (unpaired) electrons. The van der Waals surface area contributed by atoms with Crippen LogP contribution in [0.1, 0.15) is 30.9 Å². The second-order valence-corrected chi connectivity index (χ2v) is 5.07. The zero-order chi connectivity index (χ0) is 12.5. The molecule has 17 heavy (non-hydrogen) atoms. The van der Waals surface area contributed by atoms with E-state index in [0.29, 0.717) is 0 Å². The van der Waals surface area contributed by atoms with Gasteiger partial charge in [0.2, 0.25) is 5.91 Å². The second kappa shape index (κ2) is 4.49. The van der Waals surface area contributed by atoms with Gasteiger partial charge in [-0.2, -0.15) is 0 Å². The highest BCUT2D eigenvalue weighted by Crippen LogP contribution is 2.42. The van der Waals surface area contributed by atoms with Gasteiger partial charge in [-0.3, -0.25) is 4.79 Å². The maximum absolute atomic E-state index is 11.4. The Bertz CT molecular complexity index is 407. The van der Waals surface area contributed by atoms with Crippen LogP contribution in [-0.2, 0) is 16.8 Å². The van der Waals surface area contributed by atoms with Crippen LogP contribution in [0.2, 0.25) is 0 Å². The summed E-state index contributed by atoms with van der Waals surface area (Å²) in [7, 11) is 1.67. The second-order valence-electron chi connectivity index (χ2n) is 5.07. The van der Waals surface area contributed by atoms with Crippen molar-refractivity contribution < 1.29 is 4.79 Å². The Labute approximate surface area is 102 Å². The first-order valence-electron chi connectivity index (χ1n) is 6.15. The van der Waals surface area contributed by atoms with Crippen molar-refractivity contribution in [1.82, 2.24) is 5.32 Å². The summed E-state index contributed by atoms with van der Waals surface area (Å²) in [6.45, 7) is 1.94. The van der Waals surface area contributed by atoms with Crippen LogP contribution in [0, 0.1) is 5.92 Å². The third-order valence-electron chi connectivity index (χ3n) is 3.55. The van der Waals surface area contributed by atoms with Crippen molar-refractivity contribution in [1.29, 1.82) is 0 Å². The van der Waals surface area contributed by atoms with Crippen LogP contribution in [0.4, 0.5) is 0 Å². The van der Waals surface area contributed by atoms with E-state index in [1.54, 1.807) is 7.05 Å². The SMILES string of the molecule is CNC(=O)C(C)Cc1ccc(C2(N)CC2)cc1. The molecule has 0 aliphatic heterocycles. The van der Waals surface area contributed by atoms with Crippen LogP contribution in [0.5, 0.6) is 0 Å². The molecule has 0 heterocycles. The van der Waals surface area contributed by atoms with Crippen molar-refractivity contribution in [2.75, 3.05) is 7.05 Å². The maximum atomic E-state index is 11.4. The van der Waals surface area contributed by atoms with Crippen LogP contribution in [0.3, 0.4) is 0 Å². The number of nitrogens with one attached hydrogen (secondary N) is 1. The number of hydrogen-bond donors (Lipinski definition) is 2. The lowest BCUT2D eigenvalue weighted by atomic mass is 9.97. The third-order valence-corrected chi connectivity index (χ3v) is 3.55. The fraction of sp³-hybridized carbons (Fsp3) is 0.500. The number of benzene rings is 1. The molecule has 3 heteroatoms. The molecule has 0 saturated heterocycles. The van der Waals surface area contributed by atoms with E-state index in [1.165, 1.54) is 11.1 Å². The number of nitrogens with two attached hydrogens (primary N) is 1. The van der Waals surface area contributed by atoms with Gasteiger partial charge in [-0.25, -0.2) is 0 Å². The monoisotopic (exact) mass is 232 g/mol. The maximum Gasteiger partial charge on any atom is 0.222 e. The van der Waals surface area contributed by atoms with E-state index in [1.807, 2.05) is 6.92 Å². The van der Waals surface area contributed by atoms with Gasteiger partial charge < -0.3 is 11.1 Å². The molecule has 92 valence electrons. The number of amides is 1. The van der Waals surface area contributed by atoms with E-state index < -0.39 is 0 Å². The Kier molecular flexibility index (Phi) is 3.20. The largest absolute Gasteiger partial charge is 0.359 e. The molecule has 0 bridgehead atoms. The Morgan fingerprint density at radius 2 is 2.00 bits per heavy atom. The molecule has 1 aromatic carbocycles. The molecule has 3 nitrogen and oxygen atoms in total. The zero-order valence-electron chi connectivity index (χ0n) is 10.5. The summed E-state index contributed by atoms with van der Waals surface area (Å²) < 4.78 is 0. The van der Waals surface area contributed by atoms with Gasteiger partial charge in [0.1, 0.15) is 0 Å². The zero-order valence-corrected chi connectivity index (χ0v) is 10.5. The first-order chi connectivity index (χ1) is 8.05. The van der Waals surface area contributed by atoms with Gasteiger partial charge in [0.05, 0.1) is 0 Å². The Hall–Kier alpha value is -1.35. The summed E-state index contributed by atoms with van der Waals surface area (Å²) in [6.07, 6.45) is 2.94. The summed E-state index contributed by atoms with van der Waals surface area (Å²) >= 11 is 0. The Balaban J connectivity index is 2.01. The first-order valence-corrected chi connectivity index (χ1v) is 6.15. The van der Waals surface area contributed by atoms with Crippen LogP contribution < -0.4 is 11.1 Å². The Morgan fingerprint density at radius 1 is 1.41 bits per heavy atom. The summed E-state index contributed by atoms with van der Waals surface area (Å²) in [5.74, 6) is 0.102. The minimum absolute atomic E-state index is 0.0126. The molecule has 1 amide bonds. The van der Waals surface area contributed by atoms with Crippen LogP contribution in [-0.4, -0.2) is 13.0 Å². The summed E-state index contributed by atoms with van der Waals surface area (Å²) in [4.78, 5) is 11.4. The van der Waals surface area contributed by atoms with E-state index in [2.05, 4.69) is 29.6 Å². The molecular formula is C14H20N2O. The van der Waals surface area contributed by atoms with Crippen molar-refractivity contribution in [3.8, 4) is 0 Å². The van der Waals surface area contributed by atoms with Crippen molar-refractivity contribution in [3.63, 3.8) is 0 Å². The molecule has 1 atom stereocenters. The molecule has 1 saturated carbocycles. The fourth-order valence-electron chi connectivity index (χ4n) is 2.09. The number of rotatable bonds is 4. The topological polar surface area (TPSA) is 55.1 Å². The van der Waals surface area contributed by atoms with Crippen LogP contribution in [0.15, 0.2) is 24.3 Å². The van der Waals surface area contributed by atoms with Crippen LogP contribution in [0.25, 0.3) is 0 Å². The predicted octanol–water partition coefficient (Wildman–Crippen LogP) is 1.56. The molecule has 1 fully saturated rings. The van der Waals surface area contributed by atoms with Crippen molar-refractivity contribution in [2.24, 2.45) is 11.7 Å². The predicted molar refractivity (Wildman–Crippen MR) is 68.5 cm³/mol. The molecule has 1 unspecified atom stereocenters. The van der Waals surface area contributed by atoms with Gasteiger partial charge >= 0.3 is 0 Å². The van der Waals surface area contributed by atoms with E-state index in [4.69, 9.17) is 5.73 Å². The number of carbonyl (C=O) groups excluding carboxylic acids is 1. The smallest absolute Gasteiger partial charge is 0.222 e. The van der Waals surface area contributed by atoms with Gasteiger partial charge in [-0.1, -0.05) is 31.2 Å². The van der Waals surface area contributed by atoms with Gasteiger partial charge in [-0.15, -0.1) is 0 Å². The third kappa shape index (κ3) is 2.67. The van der Waals surface area contributed by atoms with E-state index in [-0.39, 0.29) is 17.4 Å². The van der Waals surface area contributed by atoms with Crippen molar-refractivity contribution >= 4 is 5.91 Å². The highest BCUT2D eigenvalue weighted by atomic mass is 16.1. The van der Waals surface area contributed by atoms with Crippen molar-refractivity contribution in [3.05, 3.63) is 35.4 Å². The minimum atomic E-state index is -0.0645. The lowest BCUT2D eigenvalue weighted by Crippen LogP contribution is -2.26. The molecule has 1 aromatic rings. The van der Waals surface area contributed by atoms with E-state index in [9.17, 15) is 4.79 Å². The van der Waals surface area contributed by atoms with Gasteiger partial charge in [0.15, 0.2) is 0 Å². The van der Waals surface area contributed by atoms with Gasteiger partial charge in [0.25, 0.3) is 0 Å². The molecule has 2 rings (SSSR count). The fourth-order valence-corrected chi connectivity index (χ4v) is 2.09. The molecule has 1 aliphatic carbocycles. The normalized spacial score (nSPS) is 18.5. The standard InChI is InChI=1S/C14H20N2O/c1-10(13(17)16-2)9-11-3-5-12(6-4-11)14(15)7-8-14/h3-6,10H,7-9,15H2,1-2H3,(H,16,17). The van der Waals surface area contributed by atoms with E-state index in [0.717, 1.165) is 19.3 Å². The van der Waals surface area contributed by atoms with Gasteiger partial charge in [-0.05, 0) is 30.4 Å². The van der Waals surface area contributed by atoms with Crippen LogP contribution >= 0.6 is 0 Å². The lowest BCUT2D eigenvalue weighted by molar-refractivity contribution is -0.123. The number of carbonyl (C=O) groups is 1. The molecule has 3 N–H and O–H groups in total. The average Bonchev–Trinajstić information content (AvgIpc) is 3.08. The Morgan fingerprint density at radius 3 is 2.47 bits per heavy atom. The summed E-state index contributed by atoms with van der Waals surface area (Å²) in [6, 6.07) is 8.36. The minimum Gasteiger partial charge on any atom is -0.359 e. The van der Waals surface area contributed by atoms with Gasteiger partial charge in [0, 0.05) is 18.5 Å². The highest BCUT2D eigenvalue weighted by molar-refractivity contribution is 5.78. The molecule has 0 spiro atoms. The lowest BCUT2D eigenvalue weighted by Gasteiger charge is -2.12. The summed E-state index contributed by atoms with van der Waals surface area (Å²) in [5.41, 5.74) is 8.47. The first kappa shape index (κ1) is 12.1. The molecule has 1 aliphatic rings. The molecule has 0 aromatic heterocycles. The molecular weight excluding hydrogens is 212 g/mol. The average molecular weight is 232 g/mol. The van der Waals surface area contributed by atoms with E-state index >= 15 is 0 Å².